The zero-order valence-electron chi connectivity index (χ0n) is 42.3. The zero-order chi connectivity index (χ0) is 50.6. The van der Waals surface area contributed by atoms with Crippen LogP contribution in [0, 0.1) is 5.82 Å². The molecule has 0 saturated carbocycles. The molecule has 2 nitrogen and oxygen atoms in total. The third-order valence-electron chi connectivity index (χ3n) is 17.5. The molecule has 12 aromatic rings. The van der Waals surface area contributed by atoms with E-state index in [0.717, 1.165) is 45.1 Å². The number of thiophene rings is 1. The molecular formula is C72H49FN2S. The summed E-state index contributed by atoms with van der Waals surface area (Å²) in [5.74, 6) is 0.206. The number of anilines is 6. The maximum Gasteiger partial charge on any atom is 0.131 e. The molecule has 4 aliphatic rings. The SMILES string of the molecule is CC(C)c1cccc2c1sc1c(N(c3ccc(-c4ccccc4)cc3)c3ccc4c(c3)C3(C)c5ccccc5N(c5ccccc5)c5c6c(cc-4c53)C3(c4ccccc4-c4c(F)cccc43)c3ccccc3-6)cccc12. The van der Waals surface area contributed by atoms with Crippen LogP contribution >= 0.6 is 11.3 Å². The molecule has 360 valence electrons. The number of benzene rings is 11. The molecule has 0 fully saturated rings. The fourth-order valence-corrected chi connectivity index (χ4v) is 15.8. The molecular weight excluding hydrogens is 944 g/mol. The molecule has 0 saturated heterocycles. The lowest BCUT2D eigenvalue weighted by Gasteiger charge is -2.44. The molecule has 11 aromatic carbocycles. The van der Waals surface area contributed by atoms with Gasteiger partial charge in [-0.25, -0.2) is 4.39 Å². The van der Waals surface area contributed by atoms with E-state index in [0.29, 0.717) is 11.5 Å². The van der Waals surface area contributed by atoms with Gasteiger partial charge < -0.3 is 9.80 Å². The lowest BCUT2D eigenvalue weighted by molar-refractivity contribution is 0.629. The summed E-state index contributed by atoms with van der Waals surface area (Å²) in [6.07, 6.45) is 0. The second-order valence-electron chi connectivity index (χ2n) is 21.5. The Morgan fingerprint density at radius 3 is 1.82 bits per heavy atom. The van der Waals surface area contributed by atoms with Crippen LogP contribution in [0.1, 0.15) is 71.2 Å². The van der Waals surface area contributed by atoms with Crippen molar-refractivity contribution in [3.8, 4) is 44.5 Å². The van der Waals surface area contributed by atoms with Crippen molar-refractivity contribution in [1.29, 1.82) is 0 Å². The quantitative estimate of drug-likeness (QED) is 0.164. The molecule has 4 heteroatoms. The summed E-state index contributed by atoms with van der Waals surface area (Å²) >= 11 is 1.92. The van der Waals surface area contributed by atoms with Crippen LogP contribution in [-0.4, -0.2) is 0 Å². The highest BCUT2D eigenvalue weighted by atomic mass is 32.1. The van der Waals surface area contributed by atoms with E-state index < -0.39 is 10.8 Å². The van der Waals surface area contributed by atoms with E-state index in [9.17, 15) is 0 Å². The second kappa shape index (κ2) is 15.8. The Morgan fingerprint density at radius 1 is 0.461 bits per heavy atom. The van der Waals surface area contributed by atoms with Gasteiger partial charge in [0.15, 0.2) is 0 Å². The summed E-state index contributed by atoms with van der Waals surface area (Å²) in [7, 11) is 0. The highest BCUT2D eigenvalue weighted by Crippen LogP contribution is 2.71. The summed E-state index contributed by atoms with van der Waals surface area (Å²) in [6, 6.07) is 86.5. The predicted molar refractivity (Wildman–Crippen MR) is 315 cm³/mol. The Balaban J connectivity index is 0.999. The molecule has 1 spiro atoms. The first kappa shape index (κ1) is 43.6. The minimum Gasteiger partial charge on any atom is -0.309 e. The smallest absolute Gasteiger partial charge is 0.131 e. The lowest BCUT2D eigenvalue weighted by atomic mass is 9.67. The third-order valence-corrected chi connectivity index (χ3v) is 18.8. The highest BCUT2D eigenvalue weighted by molar-refractivity contribution is 7.26. The van der Waals surface area contributed by atoms with Crippen LogP contribution in [0.25, 0.3) is 64.7 Å². The van der Waals surface area contributed by atoms with Gasteiger partial charge in [-0.15, -0.1) is 11.3 Å². The first-order valence-electron chi connectivity index (χ1n) is 26.6. The Kier molecular flexibility index (Phi) is 9.08. The summed E-state index contributed by atoms with van der Waals surface area (Å²) < 4.78 is 19.3. The average Bonchev–Trinajstić information content (AvgIpc) is 4.38. The fraction of sp³-hybridized carbons (Fsp3) is 0.0833. The lowest BCUT2D eigenvalue weighted by Crippen LogP contribution is -2.33. The standard InChI is InChI=1S/C72H49FN2S/c1-43(2)49-25-16-26-51-52-27-17-34-64(70(52)76-69(49)51)74(47-37-35-45(36-38-47)44-19-6-4-7-20-44)48-39-40-50-55-42-61-66(54-24-11-13-29-57(54)72(61)56-28-12-10-23-53(56)65-59(72)31-18-32-62(65)73)68-67(55)71(3,60(50)41-48)58-30-14-15-33-63(58)75(68)46-21-8-5-9-22-46/h4-43H,1-3H3. The zero-order valence-corrected chi connectivity index (χ0v) is 43.1. The molecule has 16 rings (SSSR count). The van der Waals surface area contributed by atoms with Gasteiger partial charge >= 0.3 is 0 Å². The summed E-state index contributed by atoms with van der Waals surface area (Å²) in [6.45, 7) is 7.08. The maximum atomic E-state index is 16.7. The van der Waals surface area contributed by atoms with E-state index >= 15 is 4.39 Å². The van der Waals surface area contributed by atoms with Crippen LogP contribution in [0.4, 0.5) is 38.5 Å². The van der Waals surface area contributed by atoms with E-state index in [1.807, 2.05) is 17.4 Å². The van der Waals surface area contributed by atoms with Crippen LogP contribution in [0.2, 0.25) is 0 Å². The van der Waals surface area contributed by atoms with E-state index in [1.54, 1.807) is 6.07 Å². The molecule has 2 unspecified atom stereocenters. The first-order valence-corrected chi connectivity index (χ1v) is 27.4. The molecule has 0 N–H and O–H groups in total. The van der Waals surface area contributed by atoms with Gasteiger partial charge in [-0.2, -0.15) is 0 Å². The van der Waals surface area contributed by atoms with E-state index in [2.05, 4.69) is 255 Å². The van der Waals surface area contributed by atoms with Gasteiger partial charge in [0, 0.05) is 49.1 Å². The van der Waals surface area contributed by atoms with E-state index in [4.69, 9.17) is 0 Å². The van der Waals surface area contributed by atoms with Crippen molar-refractivity contribution in [1.82, 2.24) is 0 Å². The van der Waals surface area contributed by atoms with Gasteiger partial charge in [0.1, 0.15) is 5.82 Å². The normalized spacial score (nSPS) is 16.9. The number of fused-ring (bicyclic) bond motifs is 19. The van der Waals surface area contributed by atoms with Gasteiger partial charge in [0.2, 0.25) is 0 Å². The van der Waals surface area contributed by atoms with Crippen LogP contribution in [0.3, 0.4) is 0 Å². The number of nitrogens with zero attached hydrogens (tertiary/aromatic N) is 2. The van der Waals surface area contributed by atoms with Crippen LogP contribution in [0.5, 0.6) is 0 Å². The molecule has 0 radical (unpaired) electrons. The van der Waals surface area contributed by atoms with E-state index in [1.165, 1.54) is 92.6 Å². The molecule has 76 heavy (non-hydrogen) atoms. The second-order valence-corrected chi connectivity index (χ2v) is 22.5. The van der Waals surface area contributed by atoms with Crippen molar-refractivity contribution >= 4 is 65.6 Å². The van der Waals surface area contributed by atoms with Crippen molar-refractivity contribution in [2.75, 3.05) is 9.80 Å². The first-order chi connectivity index (χ1) is 37.4. The number of halogens is 1. The number of hydrogen-bond acceptors (Lipinski definition) is 3. The largest absolute Gasteiger partial charge is 0.309 e. The van der Waals surface area contributed by atoms with Crippen molar-refractivity contribution in [3.05, 3.63) is 287 Å². The topological polar surface area (TPSA) is 6.48 Å². The monoisotopic (exact) mass is 992 g/mol. The van der Waals surface area contributed by atoms with Gasteiger partial charge in [0.05, 0.1) is 27.2 Å². The molecule has 0 bridgehead atoms. The van der Waals surface area contributed by atoms with Crippen molar-refractivity contribution in [2.45, 2.75) is 37.5 Å². The minimum atomic E-state index is -0.759. The van der Waals surface area contributed by atoms with Crippen LogP contribution < -0.4 is 9.80 Å². The number of rotatable bonds is 6. The molecule has 1 aromatic heterocycles. The van der Waals surface area contributed by atoms with Gasteiger partial charge in [0.25, 0.3) is 0 Å². The van der Waals surface area contributed by atoms with E-state index in [-0.39, 0.29) is 5.82 Å². The summed E-state index contributed by atoms with van der Waals surface area (Å²) in [4.78, 5) is 5.05. The minimum absolute atomic E-state index is 0.188. The summed E-state index contributed by atoms with van der Waals surface area (Å²) in [5, 5.41) is 2.58. The molecule has 2 heterocycles. The van der Waals surface area contributed by atoms with Crippen LogP contribution in [0.15, 0.2) is 237 Å². The molecule has 2 atom stereocenters. The average molecular weight is 993 g/mol. The Morgan fingerprint density at radius 2 is 1.07 bits per heavy atom. The van der Waals surface area contributed by atoms with Gasteiger partial charge in [-0.3, -0.25) is 0 Å². The van der Waals surface area contributed by atoms with Crippen molar-refractivity contribution < 1.29 is 4.39 Å². The number of para-hydroxylation sites is 2. The van der Waals surface area contributed by atoms with Gasteiger partial charge in [-0.1, -0.05) is 190 Å². The van der Waals surface area contributed by atoms with Crippen molar-refractivity contribution in [2.24, 2.45) is 0 Å². The highest BCUT2D eigenvalue weighted by Gasteiger charge is 2.57. The summed E-state index contributed by atoms with van der Waals surface area (Å²) in [5.41, 5.74) is 24.0. The maximum absolute atomic E-state index is 16.7. The molecule has 0 amide bonds. The Labute approximate surface area is 446 Å². The third kappa shape index (κ3) is 5.59. The number of hydrogen-bond donors (Lipinski definition) is 0. The Bertz CT molecular complexity index is 4420. The van der Waals surface area contributed by atoms with Gasteiger partial charge in [-0.05, 0) is 151 Å². The molecule has 3 aliphatic carbocycles. The van der Waals surface area contributed by atoms with Crippen LogP contribution in [-0.2, 0) is 10.8 Å². The van der Waals surface area contributed by atoms with Crippen molar-refractivity contribution in [3.63, 3.8) is 0 Å². The predicted octanol–water partition coefficient (Wildman–Crippen LogP) is 19.9. The Hall–Kier alpha value is -8.83. The fourth-order valence-electron chi connectivity index (χ4n) is 14.3. The molecule has 1 aliphatic heterocycles.